The van der Waals surface area contributed by atoms with E-state index in [0.29, 0.717) is 17.7 Å². The summed E-state index contributed by atoms with van der Waals surface area (Å²) in [6.45, 7) is 11.3. The lowest BCUT2D eigenvalue weighted by Gasteiger charge is -2.24. The smallest absolute Gasteiger partial charge is 0.370 e. The van der Waals surface area contributed by atoms with Crippen molar-refractivity contribution in [3.05, 3.63) is 75.7 Å². The van der Waals surface area contributed by atoms with Crippen LogP contribution in [0.15, 0.2) is 47.9 Å². The fourth-order valence-corrected chi connectivity index (χ4v) is 3.99. The van der Waals surface area contributed by atoms with Crippen molar-refractivity contribution >= 4 is 22.9 Å². The van der Waals surface area contributed by atoms with E-state index in [2.05, 4.69) is 28.7 Å². The summed E-state index contributed by atoms with van der Waals surface area (Å²) in [4.78, 5) is 28.7. The predicted octanol–water partition coefficient (Wildman–Crippen LogP) is 5.39. The van der Waals surface area contributed by atoms with E-state index in [1.807, 2.05) is 26.0 Å². The maximum atomic E-state index is 13.5. The molecular weight excluding hydrogens is 419 g/mol. The molecule has 8 heteroatoms. The predicted molar refractivity (Wildman–Crippen MR) is 121 cm³/mol. The molecule has 0 spiro atoms. The molecule has 1 fully saturated rings. The number of hydrogen-bond donors (Lipinski definition) is 2. The van der Waals surface area contributed by atoms with Gasteiger partial charge in [-0.15, -0.1) is 0 Å². The molecule has 0 bridgehead atoms. The highest BCUT2D eigenvalue weighted by atomic mass is 19.4. The molecule has 1 aromatic heterocycles. The fourth-order valence-electron chi connectivity index (χ4n) is 3.99. The van der Waals surface area contributed by atoms with E-state index >= 15 is 0 Å². The van der Waals surface area contributed by atoms with Crippen molar-refractivity contribution in [1.29, 1.82) is 0 Å². The Morgan fingerprint density at radius 3 is 2.56 bits per heavy atom. The third kappa shape index (κ3) is 4.79. The third-order valence-electron chi connectivity index (χ3n) is 5.67. The van der Waals surface area contributed by atoms with Crippen molar-refractivity contribution in [1.82, 2.24) is 4.98 Å². The number of amides is 1. The Bertz CT molecular complexity index is 1130. The molecule has 1 aliphatic rings. The summed E-state index contributed by atoms with van der Waals surface area (Å²) >= 11 is 0. The van der Waals surface area contributed by atoms with Crippen LogP contribution >= 0.6 is 0 Å². The topological polar surface area (TPSA) is 65.2 Å². The summed E-state index contributed by atoms with van der Waals surface area (Å²) in [6.07, 6.45) is 0.512. The first-order valence-electron chi connectivity index (χ1n) is 10.3. The second kappa shape index (κ2) is 9.06. The van der Waals surface area contributed by atoms with Gasteiger partial charge in [-0.25, -0.2) is 0 Å². The molecule has 5 nitrogen and oxygen atoms in total. The number of halogens is 3. The molecule has 2 aromatic rings. The number of alkyl halides is 3. The standard InChI is InChI=1S/C24H26F3N3O2/c1-5-16(6-2)17-10-20(21(9-15(17)4)30-8-7-14(3)13-30)29-23(32)18-12-28-22(31)11-19(18)24(25,26)27/h5-6,9-12,14H,1,7-8,13H2,2-4H3,(H,28,31)(H,29,32)/b16-6+/t14-/m1/s1. The van der Waals surface area contributed by atoms with Crippen LogP contribution in [0.5, 0.6) is 0 Å². The van der Waals surface area contributed by atoms with E-state index < -0.39 is 28.8 Å². The van der Waals surface area contributed by atoms with E-state index in [1.165, 1.54) is 0 Å². The molecule has 0 saturated carbocycles. The molecule has 1 atom stereocenters. The zero-order valence-corrected chi connectivity index (χ0v) is 18.3. The van der Waals surface area contributed by atoms with Gasteiger partial charge in [0.2, 0.25) is 5.56 Å². The quantitative estimate of drug-likeness (QED) is 0.607. The Labute approximate surface area is 184 Å². The van der Waals surface area contributed by atoms with Gasteiger partial charge in [0, 0.05) is 25.4 Å². The highest BCUT2D eigenvalue weighted by Crippen LogP contribution is 2.37. The number of aromatic amines is 1. The molecule has 1 saturated heterocycles. The average molecular weight is 445 g/mol. The van der Waals surface area contributed by atoms with Crippen LogP contribution in [-0.2, 0) is 6.18 Å². The van der Waals surface area contributed by atoms with Crippen molar-refractivity contribution in [3.63, 3.8) is 0 Å². The Balaban J connectivity index is 2.10. The first kappa shape index (κ1) is 23.4. The highest BCUT2D eigenvalue weighted by molar-refractivity contribution is 6.07. The molecule has 1 amide bonds. The molecule has 3 rings (SSSR count). The van der Waals surface area contributed by atoms with Gasteiger partial charge in [0.1, 0.15) is 0 Å². The second-order valence-electron chi connectivity index (χ2n) is 8.05. The molecular formula is C24H26F3N3O2. The van der Waals surface area contributed by atoms with Crippen LogP contribution in [0.4, 0.5) is 24.5 Å². The fraction of sp³-hybridized carbons (Fsp3) is 0.333. The number of anilines is 2. The molecule has 32 heavy (non-hydrogen) atoms. The molecule has 0 aliphatic carbocycles. The first-order valence-corrected chi connectivity index (χ1v) is 10.3. The Morgan fingerprint density at radius 1 is 1.28 bits per heavy atom. The van der Waals surface area contributed by atoms with Gasteiger partial charge in [0.05, 0.1) is 22.5 Å². The van der Waals surface area contributed by atoms with E-state index in [1.54, 1.807) is 12.1 Å². The Hall–Kier alpha value is -3.29. The minimum atomic E-state index is -4.84. The maximum Gasteiger partial charge on any atom is 0.417 e. The van der Waals surface area contributed by atoms with E-state index in [0.717, 1.165) is 48.1 Å². The lowest BCUT2D eigenvalue weighted by molar-refractivity contribution is -0.138. The lowest BCUT2D eigenvalue weighted by atomic mass is 9.98. The number of carbonyl (C=O) groups excluding carboxylic acids is 1. The monoisotopic (exact) mass is 445 g/mol. The summed E-state index contributed by atoms with van der Waals surface area (Å²) in [5.74, 6) is -0.480. The van der Waals surface area contributed by atoms with Crippen molar-refractivity contribution < 1.29 is 18.0 Å². The van der Waals surface area contributed by atoms with Crippen molar-refractivity contribution in [2.24, 2.45) is 5.92 Å². The van der Waals surface area contributed by atoms with Crippen LogP contribution < -0.4 is 15.8 Å². The highest BCUT2D eigenvalue weighted by Gasteiger charge is 2.36. The zero-order chi connectivity index (χ0) is 23.6. The average Bonchev–Trinajstić information content (AvgIpc) is 3.16. The van der Waals surface area contributed by atoms with Crippen LogP contribution in [0.2, 0.25) is 0 Å². The molecule has 1 aromatic carbocycles. The number of benzene rings is 1. The summed E-state index contributed by atoms with van der Waals surface area (Å²) in [6, 6.07) is 4.10. The van der Waals surface area contributed by atoms with Gasteiger partial charge in [-0.1, -0.05) is 25.7 Å². The van der Waals surface area contributed by atoms with Crippen LogP contribution in [0.3, 0.4) is 0 Å². The second-order valence-corrected chi connectivity index (χ2v) is 8.05. The number of hydrogen-bond acceptors (Lipinski definition) is 3. The van der Waals surface area contributed by atoms with Crippen molar-refractivity contribution in [2.75, 3.05) is 23.3 Å². The van der Waals surface area contributed by atoms with E-state index in [9.17, 15) is 22.8 Å². The van der Waals surface area contributed by atoms with Gasteiger partial charge in [0.15, 0.2) is 0 Å². The SMILES string of the molecule is C=C/C(=C\C)c1cc(NC(=O)c2c[nH]c(=O)cc2C(F)(F)F)c(N2CC[C@@H](C)C2)cc1C. The molecule has 0 unspecified atom stereocenters. The number of pyridine rings is 1. The number of H-pyrrole nitrogens is 1. The van der Waals surface area contributed by atoms with Gasteiger partial charge in [-0.2, -0.15) is 13.2 Å². The van der Waals surface area contributed by atoms with Crippen LogP contribution in [0.1, 0.15) is 47.3 Å². The van der Waals surface area contributed by atoms with Crippen LogP contribution in [0, 0.1) is 12.8 Å². The summed E-state index contributed by atoms with van der Waals surface area (Å²) in [5, 5.41) is 2.66. The largest absolute Gasteiger partial charge is 0.417 e. The van der Waals surface area contributed by atoms with Crippen molar-refractivity contribution in [2.45, 2.75) is 33.4 Å². The maximum absolute atomic E-state index is 13.5. The van der Waals surface area contributed by atoms with Crippen LogP contribution in [-0.4, -0.2) is 24.0 Å². The number of nitrogens with one attached hydrogen (secondary N) is 2. The minimum absolute atomic E-state index is 0.397. The molecule has 2 N–H and O–H groups in total. The molecule has 170 valence electrons. The Kier molecular flexibility index (Phi) is 6.62. The van der Waals surface area contributed by atoms with E-state index in [-0.39, 0.29) is 0 Å². The molecule has 1 aliphatic heterocycles. The van der Waals surface area contributed by atoms with Gasteiger partial charge in [-0.3, -0.25) is 9.59 Å². The third-order valence-corrected chi connectivity index (χ3v) is 5.67. The number of carbonyl (C=O) groups is 1. The number of allylic oxidation sites excluding steroid dienone is 3. The number of nitrogens with zero attached hydrogens (tertiary/aromatic N) is 1. The van der Waals surface area contributed by atoms with Gasteiger partial charge in [0.25, 0.3) is 5.91 Å². The number of aryl methyl sites for hydroxylation is 1. The Morgan fingerprint density at radius 2 is 2.00 bits per heavy atom. The van der Waals surface area contributed by atoms with E-state index in [4.69, 9.17) is 0 Å². The summed E-state index contributed by atoms with van der Waals surface area (Å²) in [5.41, 5.74) is 0.947. The molecule has 2 heterocycles. The molecule has 0 radical (unpaired) electrons. The zero-order valence-electron chi connectivity index (χ0n) is 18.3. The lowest BCUT2D eigenvalue weighted by Crippen LogP contribution is -2.25. The van der Waals surface area contributed by atoms with Crippen molar-refractivity contribution in [3.8, 4) is 0 Å². The normalized spacial score (nSPS) is 16.9. The summed E-state index contributed by atoms with van der Waals surface area (Å²) in [7, 11) is 0. The first-order chi connectivity index (χ1) is 15.0. The van der Waals surface area contributed by atoms with Gasteiger partial charge >= 0.3 is 6.18 Å². The number of rotatable bonds is 5. The van der Waals surface area contributed by atoms with Crippen LogP contribution in [0.25, 0.3) is 5.57 Å². The summed E-state index contributed by atoms with van der Waals surface area (Å²) < 4.78 is 40.4. The van der Waals surface area contributed by atoms with Gasteiger partial charge < -0.3 is 15.2 Å². The van der Waals surface area contributed by atoms with Gasteiger partial charge in [-0.05, 0) is 55.0 Å². The number of aromatic nitrogens is 1. The minimum Gasteiger partial charge on any atom is -0.370 e.